The van der Waals surface area contributed by atoms with Crippen LogP contribution in [0.15, 0.2) is 59.5 Å². The fraction of sp³-hybridized carbons (Fsp3) is 0.321. The SMILES string of the molecule is CC1(C)CCN(c2nn(-c3ccc(CP)cc3)cc2NC=O)C1=O.Cc1coc(-c2ccnc(NCC(F)(F)F)c2)n1. The molecule has 1 aliphatic rings. The van der Waals surface area contributed by atoms with Crippen molar-refractivity contribution in [1.29, 1.82) is 0 Å². The summed E-state index contributed by atoms with van der Waals surface area (Å²) < 4.78 is 43.0. The van der Waals surface area contributed by atoms with Crippen molar-refractivity contribution in [3.63, 3.8) is 0 Å². The lowest BCUT2D eigenvalue weighted by Gasteiger charge is -2.18. The second kappa shape index (κ2) is 12.7. The molecule has 1 saturated heterocycles. The molecule has 0 bridgehead atoms. The molecule has 2 N–H and O–H groups in total. The third-order valence-corrected chi connectivity index (χ3v) is 6.95. The Morgan fingerprint density at radius 1 is 1.19 bits per heavy atom. The van der Waals surface area contributed by atoms with Crippen LogP contribution in [0.4, 0.5) is 30.5 Å². The maximum Gasteiger partial charge on any atom is 0.405 e. The van der Waals surface area contributed by atoms with Crippen molar-refractivity contribution >= 4 is 38.9 Å². The standard InChI is InChI=1S/C17H21N4O2P.C11H10F3N3O/c1-17(2)7-8-20(16(17)23)15-14(18-11-22)9-21(19-15)13-5-3-12(10-24)4-6-13;1-7-5-18-10(17-7)8-2-3-15-9(4-8)16-6-11(12,13)14/h3-6,9,11H,7-8,10,24H2,1-2H3,(H,18,22);2-5H,6H2,1H3,(H,15,16). The molecule has 0 saturated carbocycles. The van der Waals surface area contributed by atoms with Gasteiger partial charge in [0.05, 0.1) is 17.6 Å². The zero-order valence-corrected chi connectivity index (χ0v) is 24.4. The average Bonchev–Trinajstić information content (AvgIpc) is 3.65. The molecule has 1 unspecified atom stereocenters. The van der Waals surface area contributed by atoms with Crippen molar-refractivity contribution in [2.24, 2.45) is 5.41 Å². The maximum absolute atomic E-state index is 12.6. The summed E-state index contributed by atoms with van der Waals surface area (Å²) in [6, 6.07) is 11.1. The first-order valence-electron chi connectivity index (χ1n) is 13.0. The Hall–Kier alpha value is -4.25. The summed E-state index contributed by atoms with van der Waals surface area (Å²) in [6.07, 6.45) is 2.58. The third-order valence-electron chi connectivity index (χ3n) is 6.48. The van der Waals surface area contributed by atoms with E-state index in [9.17, 15) is 22.8 Å². The number of anilines is 3. The summed E-state index contributed by atoms with van der Waals surface area (Å²) >= 11 is 0. The topological polar surface area (TPSA) is 118 Å². The average molecular weight is 602 g/mol. The van der Waals surface area contributed by atoms with Gasteiger partial charge in [0.2, 0.25) is 18.2 Å². The second-order valence-electron chi connectivity index (χ2n) is 10.2. The molecule has 1 atom stereocenters. The van der Waals surface area contributed by atoms with E-state index in [1.54, 1.807) is 28.8 Å². The lowest BCUT2D eigenvalue weighted by molar-refractivity contribution is -0.124. The molecule has 0 spiro atoms. The Labute approximate surface area is 242 Å². The van der Waals surface area contributed by atoms with E-state index >= 15 is 0 Å². The smallest absolute Gasteiger partial charge is 0.405 e. The van der Waals surface area contributed by atoms with E-state index in [4.69, 9.17) is 4.42 Å². The number of halogens is 3. The van der Waals surface area contributed by atoms with Crippen LogP contribution in [0.3, 0.4) is 0 Å². The van der Waals surface area contributed by atoms with Gasteiger partial charge >= 0.3 is 6.18 Å². The minimum absolute atomic E-state index is 0.0278. The lowest BCUT2D eigenvalue weighted by Crippen LogP contribution is -2.31. The van der Waals surface area contributed by atoms with Crippen LogP contribution < -0.4 is 15.5 Å². The highest BCUT2D eigenvalue weighted by Gasteiger charge is 2.41. The monoisotopic (exact) mass is 601 g/mol. The van der Waals surface area contributed by atoms with Gasteiger partial charge in [0.1, 0.15) is 24.3 Å². The number of carbonyl (C=O) groups is 2. The van der Waals surface area contributed by atoms with Crippen molar-refractivity contribution in [2.45, 2.75) is 39.5 Å². The number of nitrogens with zero attached hydrogens (tertiary/aromatic N) is 5. The number of nitrogens with one attached hydrogen (secondary N) is 2. The molecule has 4 aromatic rings. The molecule has 14 heteroatoms. The highest BCUT2D eigenvalue weighted by Crippen LogP contribution is 2.36. The van der Waals surface area contributed by atoms with Crippen molar-refractivity contribution in [1.82, 2.24) is 19.7 Å². The number of aromatic nitrogens is 4. The molecule has 0 aliphatic carbocycles. The fourth-order valence-corrected chi connectivity index (χ4v) is 4.42. The van der Waals surface area contributed by atoms with Gasteiger partial charge in [-0.15, -0.1) is 14.3 Å². The van der Waals surface area contributed by atoms with Gasteiger partial charge in [0.25, 0.3) is 0 Å². The van der Waals surface area contributed by atoms with Crippen LogP contribution in [-0.2, 0) is 15.8 Å². The van der Waals surface area contributed by atoms with Crippen molar-refractivity contribution in [3.05, 3.63) is 66.3 Å². The number of aryl methyl sites for hydroxylation is 1. The summed E-state index contributed by atoms with van der Waals surface area (Å²) in [5, 5.41) is 9.40. The molecule has 2 amide bonds. The first-order valence-corrected chi connectivity index (χ1v) is 13.8. The number of amides is 2. The Balaban J connectivity index is 0.000000201. The molecule has 1 aromatic carbocycles. The Morgan fingerprint density at radius 2 is 1.93 bits per heavy atom. The Kier molecular flexibility index (Phi) is 9.30. The largest absolute Gasteiger partial charge is 0.444 e. The fourth-order valence-electron chi connectivity index (χ4n) is 4.15. The summed E-state index contributed by atoms with van der Waals surface area (Å²) in [7, 11) is 2.69. The summed E-state index contributed by atoms with van der Waals surface area (Å²) in [6.45, 7) is 5.09. The van der Waals surface area contributed by atoms with E-state index in [2.05, 4.69) is 34.9 Å². The molecule has 1 aliphatic heterocycles. The van der Waals surface area contributed by atoms with E-state index in [1.807, 2.05) is 38.1 Å². The quantitative estimate of drug-likeness (QED) is 0.200. The Bertz CT molecular complexity index is 1530. The number of alkyl halides is 3. The highest BCUT2D eigenvalue weighted by atomic mass is 31.0. The van der Waals surface area contributed by atoms with E-state index in [0.717, 1.165) is 18.3 Å². The molecule has 1 fully saturated rings. The first-order chi connectivity index (χ1) is 19.9. The molecule has 4 heterocycles. The van der Waals surface area contributed by atoms with Gasteiger partial charge in [0.15, 0.2) is 5.82 Å². The zero-order chi connectivity index (χ0) is 30.5. The molecular formula is C28H31F3N7O3P. The predicted octanol–water partition coefficient (Wildman–Crippen LogP) is 5.60. The van der Waals surface area contributed by atoms with E-state index < -0.39 is 18.1 Å². The summed E-state index contributed by atoms with van der Waals surface area (Å²) in [5.41, 5.74) is 3.49. The summed E-state index contributed by atoms with van der Waals surface area (Å²) in [5.74, 6) is 0.999. The predicted molar refractivity (Wildman–Crippen MR) is 156 cm³/mol. The van der Waals surface area contributed by atoms with Gasteiger partial charge in [-0.3, -0.25) is 14.5 Å². The number of rotatable bonds is 8. The van der Waals surface area contributed by atoms with Gasteiger partial charge < -0.3 is 15.1 Å². The molecule has 3 aromatic heterocycles. The lowest BCUT2D eigenvalue weighted by atomic mass is 9.92. The first kappa shape index (κ1) is 30.7. The highest BCUT2D eigenvalue weighted by molar-refractivity contribution is 7.15. The third kappa shape index (κ3) is 7.52. The van der Waals surface area contributed by atoms with E-state index in [1.165, 1.54) is 24.1 Å². The number of hydrogen-bond acceptors (Lipinski definition) is 7. The van der Waals surface area contributed by atoms with Gasteiger partial charge in [0, 0.05) is 23.7 Å². The Morgan fingerprint density at radius 3 is 2.50 bits per heavy atom. The minimum Gasteiger partial charge on any atom is -0.444 e. The van der Waals surface area contributed by atoms with Crippen molar-refractivity contribution in [2.75, 3.05) is 28.6 Å². The van der Waals surface area contributed by atoms with Crippen LogP contribution >= 0.6 is 9.24 Å². The van der Waals surface area contributed by atoms with Gasteiger partial charge in [-0.2, -0.15) is 13.2 Å². The number of carbonyl (C=O) groups excluding carboxylic acids is 2. The zero-order valence-electron chi connectivity index (χ0n) is 23.3. The van der Waals surface area contributed by atoms with Crippen LogP contribution in [-0.4, -0.2) is 51.3 Å². The molecule has 0 radical (unpaired) electrons. The van der Waals surface area contributed by atoms with Gasteiger partial charge in [-0.25, -0.2) is 14.6 Å². The molecule has 5 rings (SSSR count). The summed E-state index contributed by atoms with van der Waals surface area (Å²) in [4.78, 5) is 33.0. The minimum atomic E-state index is -4.28. The van der Waals surface area contributed by atoms with Crippen molar-refractivity contribution in [3.8, 4) is 17.1 Å². The molecular weight excluding hydrogens is 570 g/mol. The van der Waals surface area contributed by atoms with Crippen LogP contribution in [0.2, 0.25) is 0 Å². The van der Waals surface area contributed by atoms with Crippen molar-refractivity contribution < 1.29 is 27.2 Å². The molecule has 222 valence electrons. The number of benzene rings is 1. The van der Waals surface area contributed by atoms with Gasteiger partial charge in [-0.1, -0.05) is 26.0 Å². The molecule has 42 heavy (non-hydrogen) atoms. The maximum atomic E-state index is 12.6. The second-order valence-corrected chi connectivity index (χ2v) is 10.6. The normalized spacial score (nSPS) is 14.4. The van der Waals surface area contributed by atoms with Crippen LogP contribution in [0.25, 0.3) is 17.1 Å². The molecule has 10 nitrogen and oxygen atoms in total. The van der Waals surface area contributed by atoms with Crippen LogP contribution in [0.5, 0.6) is 0 Å². The van der Waals surface area contributed by atoms with E-state index in [-0.39, 0.29) is 11.7 Å². The van der Waals surface area contributed by atoms with E-state index in [0.29, 0.717) is 41.6 Å². The number of pyridine rings is 1. The van der Waals surface area contributed by atoms with Crippen LogP contribution in [0.1, 0.15) is 31.5 Å². The number of hydrogen-bond donors (Lipinski definition) is 2. The number of oxazole rings is 1. The van der Waals surface area contributed by atoms with Crippen LogP contribution in [0, 0.1) is 12.3 Å². The van der Waals surface area contributed by atoms with Gasteiger partial charge in [-0.05, 0) is 49.3 Å².